The molecule has 2 atom stereocenters. The molecule has 4 nitrogen and oxygen atoms in total. The van der Waals surface area contributed by atoms with Crippen LogP contribution in [0.2, 0.25) is 0 Å². The van der Waals surface area contributed by atoms with Gasteiger partial charge in [0.05, 0.1) is 18.6 Å². The van der Waals surface area contributed by atoms with Crippen LogP contribution in [0.1, 0.15) is 22.3 Å². The number of ether oxygens (including phenoxy) is 4. The molecule has 6 aromatic rings. The van der Waals surface area contributed by atoms with Crippen LogP contribution < -0.4 is 9.47 Å². The van der Waals surface area contributed by atoms with Gasteiger partial charge in [-0.05, 0) is 79.9 Å². The van der Waals surface area contributed by atoms with Gasteiger partial charge >= 0.3 is 0 Å². The highest BCUT2D eigenvalue weighted by Gasteiger charge is 2.45. The van der Waals surface area contributed by atoms with Crippen molar-refractivity contribution < 1.29 is 18.9 Å². The molecule has 230 valence electrons. The fourth-order valence-electron chi connectivity index (χ4n) is 7.04. The smallest absolute Gasteiger partial charge is 0.119 e. The SMILES string of the molecule is c1ccc2c(c1)-c1ccccc1C2(c1ccc(-c2ccc(OCC3CO3)cc2)cc1)c1ccc(-c2ccc(OCC3CO3)cc2)cc1. The summed E-state index contributed by atoms with van der Waals surface area (Å²) < 4.78 is 22.3. The van der Waals surface area contributed by atoms with Gasteiger partial charge in [-0.3, -0.25) is 0 Å². The second-order valence-electron chi connectivity index (χ2n) is 12.6. The van der Waals surface area contributed by atoms with Crippen molar-refractivity contribution in [1.29, 1.82) is 0 Å². The maximum Gasteiger partial charge on any atom is 0.119 e. The van der Waals surface area contributed by atoms with E-state index in [1.165, 1.54) is 44.5 Å². The lowest BCUT2D eigenvalue weighted by atomic mass is 9.67. The maximum absolute atomic E-state index is 5.86. The summed E-state index contributed by atoms with van der Waals surface area (Å²) in [4.78, 5) is 0. The van der Waals surface area contributed by atoms with Crippen molar-refractivity contribution in [1.82, 2.24) is 0 Å². The molecule has 4 heteroatoms. The van der Waals surface area contributed by atoms with E-state index in [4.69, 9.17) is 18.9 Å². The van der Waals surface area contributed by atoms with Crippen LogP contribution in [0.25, 0.3) is 33.4 Å². The second-order valence-corrected chi connectivity index (χ2v) is 12.6. The van der Waals surface area contributed by atoms with E-state index in [1.54, 1.807) is 0 Å². The molecule has 3 aliphatic rings. The molecule has 2 aliphatic heterocycles. The first-order valence-electron chi connectivity index (χ1n) is 16.4. The molecule has 0 aromatic heterocycles. The summed E-state index contributed by atoms with van der Waals surface area (Å²) in [5.74, 6) is 1.74. The van der Waals surface area contributed by atoms with E-state index in [0.717, 1.165) is 35.8 Å². The largest absolute Gasteiger partial charge is 0.491 e. The molecule has 6 aromatic carbocycles. The molecular formula is C43H34O4. The molecule has 2 saturated heterocycles. The quantitative estimate of drug-likeness (QED) is 0.144. The Morgan fingerprint density at radius 3 is 1.15 bits per heavy atom. The monoisotopic (exact) mass is 614 g/mol. The third kappa shape index (κ3) is 5.20. The Bertz CT molecular complexity index is 1870. The van der Waals surface area contributed by atoms with E-state index >= 15 is 0 Å². The van der Waals surface area contributed by atoms with E-state index in [-0.39, 0.29) is 12.2 Å². The van der Waals surface area contributed by atoms with Gasteiger partial charge in [-0.25, -0.2) is 0 Å². The maximum atomic E-state index is 5.86. The zero-order valence-corrected chi connectivity index (χ0v) is 26.0. The Hall–Kier alpha value is -5.16. The number of hydrogen-bond acceptors (Lipinski definition) is 4. The molecule has 47 heavy (non-hydrogen) atoms. The van der Waals surface area contributed by atoms with Crippen molar-refractivity contribution in [3.05, 3.63) is 168 Å². The minimum Gasteiger partial charge on any atom is -0.491 e. The lowest BCUT2D eigenvalue weighted by Crippen LogP contribution is -2.28. The van der Waals surface area contributed by atoms with Crippen LogP contribution in [0.5, 0.6) is 11.5 Å². The van der Waals surface area contributed by atoms with Gasteiger partial charge in [0.1, 0.15) is 36.9 Å². The molecule has 9 rings (SSSR count). The topological polar surface area (TPSA) is 43.5 Å². The van der Waals surface area contributed by atoms with Crippen LogP contribution in [0, 0.1) is 0 Å². The van der Waals surface area contributed by atoms with Gasteiger partial charge in [0.2, 0.25) is 0 Å². The van der Waals surface area contributed by atoms with Crippen molar-refractivity contribution in [2.24, 2.45) is 0 Å². The van der Waals surface area contributed by atoms with Crippen LogP contribution in [0.3, 0.4) is 0 Å². The summed E-state index contributed by atoms with van der Waals surface area (Å²) in [6.45, 7) is 2.81. The van der Waals surface area contributed by atoms with Gasteiger partial charge in [-0.2, -0.15) is 0 Å². The number of epoxide rings is 2. The van der Waals surface area contributed by atoms with E-state index in [0.29, 0.717) is 13.2 Å². The minimum absolute atomic E-state index is 0.246. The summed E-state index contributed by atoms with van der Waals surface area (Å²) in [6.07, 6.45) is 0.492. The van der Waals surface area contributed by atoms with Gasteiger partial charge in [0.25, 0.3) is 0 Å². The Kier molecular flexibility index (Phi) is 6.92. The van der Waals surface area contributed by atoms with Crippen LogP contribution in [0.4, 0.5) is 0 Å². The van der Waals surface area contributed by atoms with Gasteiger partial charge in [-0.1, -0.05) is 121 Å². The van der Waals surface area contributed by atoms with Crippen LogP contribution >= 0.6 is 0 Å². The second kappa shape index (κ2) is 11.6. The van der Waals surface area contributed by atoms with Crippen molar-refractivity contribution in [3.8, 4) is 44.9 Å². The Balaban J connectivity index is 1.08. The normalized spacial score (nSPS) is 18.2. The van der Waals surface area contributed by atoms with E-state index in [1.807, 2.05) is 24.3 Å². The molecular weight excluding hydrogens is 580 g/mol. The number of benzene rings is 6. The average Bonchev–Trinajstić information content (AvgIpc) is 4.09. The Morgan fingerprint density at radius 1 is 0.447 bits per heavy atom. The molecule has 0 spiro atoms. The first-order valence-corrected chi connectivity index (χ1v) is 16.4. The van der Waals surface area contributed by atoms with Crippen molar-refractivity contribution in [2.75, 3.05) is 26.4 Å². The van der Waals surface area contributed by atoms with Crippen LogP contribution in [-0.4, -0.2) is 38.6 Å². The van der Waals surface area contributed by atoms with E-state index in [2.05, 4.69) is 121 Å². The summed E-state index contributed by atoms with van der Waals surface area (Å²) in [7, 11) is 0. The van der Waals surface area contributed by atoms with E-state index in [9.17, 15) is 0 Å². The minimum atomic E-state index is -0.449. The predicted octanol–water partition coefficient (Wildman–Crippen LogP) is 8.94. The van der Waals surface area contributed by atoms with Crippen molar-refractivity contribution in [3.63, 3.8) is 0 Å². The van der Waals surface area contributed by atoms with Gasteiger partial charge < -0.3 is 18.9 Å². The highest BCUT2D eigenvalue weighted by atomic mass is 16.6. The molecule has 0 amide bonds. The van der Waals surface area contributed by atoms with Crippen LogP contribution in [0.15, 0.2) is 146 Å². The Labute approximate surface area is 275 Å². The standard InChI is InChI=1S/C43H34O4/c1-3-7-41-39(5-1)40-6-2-4-8-42(40)43(41,33-17-9-29(10-18-33)31-13-21-35(22-14-31)44-25-37-27-46-37)34-19-11-30(12-20-34)32-15-23-36(24-16-32)45-26-38-28-47-38/h1-24,37-38H,25-28H2. The fraction of sp³-hybridized carbons (Fsp3) is 0.163. The first-order chi connectivity index (χ1) is 23.3. The predicted molar refractivity (Wildman–Crippen MR) is 185 cm³/mol. The van der Waals surface area contributed by atoms with Crippen LogP contribution in [-0.2, 0) is 14.9 Å². The third-order valence-corrected chi connectivity index (χ3v) is 9.64. The van der Waals surface area contributed by atoms with Crippen molar-refractivity contribution >= 4 is 0 Å². The molecule has 0 saturated carbocycles. The molecule has 2 fully saturated rings. The first kappa shape index (κ1) is 28.1. The number of rotatable bonds is 10. The zero-order valence-electron chi connectivity index (χ0n) is 26.0. The molecule has 0 radical (unpaired) electrons. The molecule has 2 heterocycles. The molecule has 2 unspecified atom stereocenters. The summed E-state index contributed by atoms with van der Waals surface area (Å²) in [6, 6.07) is 52.7. The highest BCUT2D eigenvalue weighted by Crippen LogP contribution is 2.56. The fourth-order valence-corrected chi connectivity index (χ4v) is 7.04. The van der Waals surface area contributed by atoms with Gasteiger partial charge in [-0.15, -0.1) is 0 Å². The lowest BCUT2D eigenvalue weighted by Gasteiger charge is -2.34. The van der Waals surface area contributed by atoms with Gasteiger partial charge in [0.15, 0.2) is 0 Å². The summed E-state index contributed by atoms with van der Waals surface area (Å²) in [5.41, 5.74) is 11.9. The van der Waals surface area contributed by atoms with Gasteiger partial charge in [0, 0.05) is 0 Å². The average molecular weight is 615 g/mol. The zero-order chi connectivity index (χ0) is 31.2. The third-order valence-electron chi connectivity index (χ3n) is 9.64. The molecule has 0 bridgehead atoms. The lowest BCUT2D eigenvalue weighted by molar-refractivity contribution is 0.263. The van der Waals surface area contributed by atoms with E-state index < -0.39 is 5.41 Å². The van der Waals surface area contributed by atoms with Crippen molar-refractivity contribution in [2.45, 2.75) is 17.6 Å². The summed E-state index contributed by atoms with van der Waals surface area (Å²) >= 11 is 0. The number of fused-ring (bicyclic) bond motifs is 3. The Morgan fingerprint density at radius 2 is 0.787 bits per heavy atom. The molecule has 0 N–H and O–H groups in total. The highest BCUT2D eigenvalue weighted by molar-refractivity contribution is 5.86. The number of hydrogen-bond donors (Lipinski definition) is 0. The molecule has 1 aliphatic carbocycles. The summed E-state index contributed by atoms with van der Waals surface area (Å²) in [5, 5.41) is 0.